The first kappa shape index (κ1) is 90.0. The Kier molecular flexibility index (Phi) is 30.8. The number of cyclic esters (lactones) is 24. The topological polar surface area (TPSA) is 527 Å². The SMILES string of the molecule is C.C.CC1(C2(C)CC(=O)OC2=O)CC(=O)OC1=O.CC1C(=O)OC(=O)C1CC1C(=O)OC(=O)C1C.O=C1CC(C2CCC(C3CC(=O)OC(=O)C3)CC2)CC(=O)O1.O=C1CC(CC2CC(=O)OC(=O)C2)CC(=O)O1.O=C1CC(c2ccc(C3CC(=O)OC(=O)C3)cc2)CC(=O)O1.O=C1CN(CCN2CC(=O)OC(=O)C2)CC(=O)O1. The number of nitrogens with zero attached hydrogens (tertiary/aromatic N) is 2. The van der Waals surface area contributed by atoms with E-state index in [0.717, 1.165) is 36.8 Å². The number of morpholine rings is 2. The molecule has 38 heteroatoms. The Morgan fingerprint density at radius 1 is 0.289 bits per heavy atom. The zero-order valence-electron chi connectivity index (χ0n) is 61.2. The molecule has 38 nitrogen and oxygen atoms in total. The van der Waals surface area contributed by atoms with E-state index in [2.05, 4.69) is 56.8 Å². The lowest BCUT2D eigenvalue weighted by molar-refractivity contribution is -0.170. The van der Waals surface area contributed by atoms with Crippen LogP contribution in [0.15, 0.2) is 24.3 Å². The van der Waals surface area contributed by atoms with Crippen LogP contribution in [0.4, 0.5) is 0 Å². The van der Waals surface area contributed by atoms with Crippen LogP contribution in [0.5, 0.6) is 0 Å². The highest BCUT2D eigenvalue weighted by Gasteiger charge is 2.65. The minimum absolute atomic E-state index is 0. The van der Waals surface area contributed by atoms with Gasteiger partial charge >= 0.3 is 143 Å². The van der Waals surface area contributed by atoms with Crippen molar-refractivity contribution in [2.24, 2.45) is 70.0 Å². The maximum absolute atomic E-state index is 11.6. The molecule has 1 aromatic rings. The maximum Gasteiger partial charge on any atom is 0.327 e. The van der Waals surface area contributed by atoms with E-state index in [1.807, 2.05) is 24.3 Å². The van der Waals surface area contributed by atoms with Crippen molar-refractivity contribution in [3.63, 3.8) is 0 Å². The smallest absolute Gasteiger partial charge is 0.327 e. The van der Waals surface area contributed by atoms with E-state index in [1.54, 1.807) is 23.6 Å². The fourth-order valence-corrected chi connectivity index (χ4v) is 15.4. The molecule has 0 amide bonds. The highest BCUT2D eigenvalue weighted by Crippen LogP contribution is 2.52. The van der Waals surface area contributed by atoms with Gasteiger partial charge < -0.3 is 56.8 Å². The van der Waals surface area contributed by atoms with Crippen molar-refractivity contribution in [1.29, 1.82) is 0 Å². The van der Waals surface area contributed by atoms with Crippen molar-refractivity contribution in [3.8, 4) is 0 Å². The van der Waals surface area contributed by atoms with Crippen LogP contribution in [0, 0.1) is 70.0 Å². The number of carbonyl (C=O) groups is 24. The van der Waals surface area contributed by atoms with Crippen LogP contribution in [0.3, 0.4) is 0 Å². The van der Waals surface area contributed by atoms with Gasteiger partial charge in [-0.15, -0.1) is 0 Å². The molecule has 12 saturated heterocycles. The number of hydrogen-bond acceptors (Lipinski definition) is 38. The van der Waals surface area contributed by atoms with E-state index < -0.39 is 178 Å². The molecular formula is C76H88N2O36. The molecule has 0 N–H and O–H groups in total. The van der Waals surface area contributed by atoms with Crippen molar-refractivity contribution in [2.75, 3.05) is 39.3 Å². The zero-order valence-corrected chi connectivity index (χ0v) is 61.2. The van der Waals surface area contributed by atoms with Gasteiger partial charge in [-0.1, -0.05) is 53.0 Å². The van der Waals surface area contributed by atoms with Gasteiger partial charge in [0.15, 0.2) is 0 Å². The summed E-state index contributed by atoms with van der Waals surface area (Å²) < 4.78 is 53.6. The van der Waals surface area contributed by atoms with Crippen molar-refractivity contribution in [3.05, 3.63) is 35.4 Å². The second kappa shape index (κ2) is 39.0. The zero-order chi connectivity index (χ0) is 81.8. The van der Waals surface area contributed by atoms with E-state index in [4.69, 9.17) is 0 Å². The lowest BCUT2D eigenvalue weighted by atomic mass is 9.63. The van der Waals surface area contributed by atoms with Crippen molar-refractivity contribution in [1.82, 2.24) is 9.80 Å². The predicted molar refractivity (Wildman–Crippen MR) is 366 cm³/mol. The minimum atomic E-state index is -1.31. The summed E-state index contributed by atoms with van der Waals surface area (Å²) in [6.07, 6.45) is 6.70. The number of carbonyl (C=O) groups excluding carboxylic acids is 24. The first-order valence-electron chi connectivity index (χ1n) is 36.2. The van der Waals surface area contributed by atoms with Gasteiger partial charge in [0, 0.05) is 76.3 Å². The van der Waals surface area contributed by atoms with Gasteiger partial charge in [-0.05, 0) is 99.0 Å². The molecule has 114 heavy (non-hydrogen) atoms. The van der Waals surface area contributed by atoms with E-state index in [1.165, 1.54) is 13.8 Å². The Balaban J connectivity index is 0.000000190. The number of hydrogen-bond donors (Lipinski definition) is 0. The summed E-state index contributed by atoms with van der Waals surface area (Å²) in [7, 11) is 0. The molecule has 0 radical (unpaired) electrons. The molecule has 14 rings (SSSR count). The molecule has 6 atom stereocenters. The monoisotopic (exact) mass is 1600 g/mol. The molecule has 0 aromatic heterocycles. The number of benzene rings is 1. The summed E-state index contributed by atoms with van der Waals surface area (Å²) in [6.45, 7) is 7.00. The van der Waals surface area contributed by atoms with Crippen LogP contribution < -0.4 is 0 Å². The third kappa shape index (κ3) is 23.9. The maximum atomic E-state index is 11.6. The summed E-state index contributed by atoms with van der Waals surface area (Å²) in [5.41, 5.74) is -0.877. The highest BCUT2D eigenvalue weighted by molar-refractivity contribution is 6.06. The first-order chi connectivity index (χ1) is 52.8. The standard InChI is InChI=1S/C16H20O6.C16H14O6.2C11H12O6.C10H12N2O6.C10H10O6.2CH4/c2*17-13-5-11(6-14(18)21-13)9-1-2-10(4-3-9)12-7-15(19)22-16(20)8-12;12-8-2-6(3-9(13)16-8)1-7-4-10(14)17-11(15)5-7;1-4-6(10(14)16-8(4)12)3-7-5(2)9(13)17-11(7)15;13-7-3-11(4-8(14)17-7)1-2-12-5-9(15)18-10(16)6-12;1-9(3-5(11)15-7(9)13)10(2)4-6(12)16-8(10)14;;/h9-12H,1-8H2;1-4,11-12H,5-8H2;6-7H,1-5H2;4-7H,3H2,1-2H3;1-6H2;3-4H2,1-2H3;2*1H4. The van der Waals surface area contributed by atoms with E-state index >= 15 is 0 Å². The number of ether oxygens (including phenoxy) is 12. The second-order valence-electron chi connectivity index (χ2n) is 29.9. The van der Waals surface area contributed by atoms with Crippen LogP contribution >= 0.6 is 0 Å². The van der Waals surface area contributed by atoms with E-state index in [-0.39, 0.29) is 147 Å². The fraction of sp³-hybridized carbons (Fsp3) is 0.605. The second-order valence-corrected chi connectivity index (χ2v) is 29.9. The van der Waals surface area contributed by atoms with Crippen LogP contribution in [0.2, 0.25) is 0 Å². The molecular weight excluding hydrogens is 1520 g/mol. The molecule has 12 heterocycles. The lowest BCUT2D eigenvalue weighted by Crippen LogP contribution is -2.49. The number of esters is 24. The van der Waals surface area contributed by atoms with Gasteiger partial charge in [-0.3, -0.25) is 125 Å². The molecule has 6 unspecified atom stereocenters. The van der Waals surface area contributed by atoms with Crippen LogP contribution in [0.1, 0.15) is 194 Å². The third-order valence-corrected chi connectivity index (χ3v) is 21.8. The third-order valence-electron chi connectivity index (χ3n) is 21.8. The fourth-order valence-electron chi connectivity index (χ4n) is 15.4. The van der Waals surface area contributed by atoms with E-state index in [9.17, 15) is 115 Å². The van der Waals surface area contributed by atoms with Gasteiger partial charge in [0.1, 0.15) is 0 Å². The Hall–Kier alpha value is -11.2. The van der Waals surface area contributed by atoms with Gasteiger partial charge in [0.05, 0.1) is 99.2 Å². The van der Waals surface area contributed by atoms with E-state index in [0.29, 0.717) is 57.0 Å². The van der Waals surface area contributed by atoms with Gasteiger partial charge in [-0.25, -0.2) is 0 Å². The Labute approximate surface area is 650 Å². The normalized spacial score (nSPS) is 28.3. The van der Waals surface area contributed by atoms with Crippen LogP contribution in [-0.2, 0) is 172 Å². The van der Waals surface area contributed by atoms with Gasteiger partial charge in [0.25, 0.3) is 0 Å². The largest absolute Gasteiger partial charge is 0.393 e. The lowest BCUT2D eigenvalue weighted by Gasteiger charge is -2.37. The summed E-state index contributed by atoms with van der Waals surface area (Å²) in [4.78, 5) is 273. The molecule has 0 bridgehead atoms. The quantitative estimate of drug-likeness (QED) is 0.165. The van der Waals surface area contributed by atoms with Gasteiger partial charge in [0.2, 0.25) is 0 Å². The molecule has 1 aliphatic carbocycles. The van der Waals surface area contributed by atoms with Crippen molar-refractivity contribution >= 4 is 143 Å². The van der Waals surface area contributed by atoms with Crippen molar-refractivity contribution < 1.29 is 172 Å². The predicted octanol–water partition coefficient (Wildman–Crippen LogP) is 2.69. The molecule has 12 aliphatic heterocycles. The number of rotatable bonds is 12. The average molecular weight is 1610 g/mol. The summed E-state index contributed by atoms with van der Waals surface area (Å²) in [5.74, 6) is -15.6. The average Bonchev–Trinajstić information content (AvgIpc) is 1.58. The highest BCUT2D eigenvalue weighted by atomic mass is 16.6. The van der Waals surface area contributed by atoms with Crippen LogP contribution in [-0.4, -0.2) is 192 Å². The molecule has 618 valence electrons. The molecule has 13 fully saturated rings. The first-order valence-corrected chi connectivity index (χ1v) is 36.2. The minimum Gasteiger partial charge on any atom is -0.393 e. The Morgan fingerprint density at radius 3 is 0.772 bits per heavy atom. The summed E-state index contributed by atoms with van der Waals surface area (Å²) in [5, 5.41) is 0. The molecule has 1 aromatic carbocycles. The molecule has 13 aliphatic rings. The molecule has 1 saturated carbocycles. The molecule has 0 spiro atoms. The van der Waals surface area contributed by atoms with Gasteiger partial charge in [-0.2, -0.15) is 0 Å². The Morgan fingerprint density at radius 2 is 0.535 bits per heavy atom. The summed E-state index contributed by atoms with van der Waals surface area (Å²) >= 11 is 0. The van der Waals surface area contributed by atoms with Crippen LogP contribution in [0.25, 0.3) is 0 Å². The summed E-state index contributed by atoms with van der Waals surface area (Å²) in [6, 6.07) is 7.32. The van der Waals surface area contributed by atoms with Crippen molar-refractivity contribution in [2.45, 2.75) is 183 Å². The Bertz CT molecular complexity index is 3720.